The second-order valence-electron chi connectivity index (χ2n) is 7.55. The van der Waals surface area contributed by atoms with Crippen LogP contribution in [0.2, 0.25) is 0 Å². The van der Waals surface area contributed by atoms with E-state index < -0.39 is 0 Å². The molecule has 0 fully saturated rings. The molecule has 0 atom stereocenters. The van der Waals surface area contributed by atoms with Gasteiger partial charge in [-0.1, -0.05) is 18.2 Å². The number of ketones is 1. The summed E-state index contributed by atoms with van der Waals surface area (Å²) < 4.78 is 11.4. The van der Waals surface area contributed by atoms with Crippen LogP contribution in [-0.4, -0.2) is 24.8 Å². The van der Waals surface area contributed by atoms with Crippen LogP contribution in [-0.2, 0) is 11.2 Å². The van der Waals surface area contributed by atoms with Gasteiger partial charge in [0.1, 0.15) is 11.5 Å². The standard InChI is InChI=1S/C26H25NO4S/c1-4-27(5-2)19-10-8-18(9-11-19)14-23-26(29)25-17(3)13-20(15-22(25)31-23)30-24(28)16-21-7-6-12-32-21/h6-15H,4-5,16H2,1-3H3/b23-14-. The minimum atomic E-state index is -0.347. The lowest BCUT2D eigenvalue weighted by Crippen LogP contribution is -2.21. The Morgan fingerprint density at radius 2 is 1.88 bits per heavy atom. The first-order chi connectivity index (χ1) is 15.5. The minimum absolute atomic E-state index is 0.165. The van der Waals surface area contributed by atoms with Gasteiger partial charge in [0, 0.05) is 29.7 Å². The first-order valence-electron chi connectivity index (χ1n) is 10.7. The number of thiophene rings is 1. The number of nitrogens with zero attached hydrogens (tertiary/aromatic N) is 1. The van der Waals surface area contributed by atoms with Gasteiger partial charge >= 0.3 is 5.97 Å². The van der Waals surface area contributed by atoms with Crippen molar-refractivity contribution in [1.82, 2.24) is 0 Å². The van der Waals surface area contributed by atoms with E-state index in [1.807, 2.05) is 48.7 Å². The molecule has 4 rings (SSSR count). The second-order valence-corrected chi connectivity index (χ2v) is 8.58. The summed E-state index contributed by atoms with van der Waals surface area (Å²) >= 11 is 1.51. The maximum absolute atomic E-state index is 12.9. The summed E-state index contributed by atoms with van der Waals surface area (Å²) in [6.45, 7) is 7.94. The normalized spacial score (nSPS) is 13.7. The Bertz CT molecular complexity index is 1160. The lowest BCUT2D eigenvalue weighted by Gasteiger charge is -2.20. The zero-order valence-corrected chi connectivity index (χ0v) is 19.2. The Labute approximate surface area is 191 Å². The second kappa shape index (κ2) is 9.40. The summed E-state index contributed by atoms with van der Waals surface area (Å²) in [4.78, 5) is 28.4. The number of ether oxygens (including phenoxy) is 2. The fourth-order valence-electron chi connectivity index (χ4n) is 3.78. The number of carbonyl (C=O) groups is 2. The maximum Gasteiger partial charge on any atom is 0.316 e. The van der Waals surface area contributed by atoms with Crippen LogP contribution >= 0.6 is 11.3 Å². The Morgan fingerprint density at radius 3 is 2.53 bits per heavy atom. The Hall–Kier alpha value is -3.38. The highest BCUT2D eigenvalue weighted by Gasteiger charge is 2.30. The van der Waals surface area contributed by atoms with Gasteiger partial charge in [0.25, 0.3) is 0 Å². The number of carbonyl (C=O) groups excluding carboxylic acids is 2. The molecule has 1 aliphatic rings. The number of Topliss-reactive ketones (excluding diaryl/α,β-unsaturated/α-hetero) is 1. The zero-order valence-electron chi connectivity index (χ0n) is 18.4. The molecule has 0 radical (unpaired) electrons. The monoisotopic (exact) mass is 447 g/mol. The van der Waals surface area contributed by atoms with Gasteiger partial charge in [0.05, 0.1) is 12.0 Å². The zero-order chi connectivity index (χ0) is 22.7. The van der Waals surface area contributed by atoms with Crippen LogP contribution in [0.15, 0.2) is 59.7 Å². The minimum Gasteiger partial charge on any atom is -0.452 e. The molecule has 2 aromatic carbocycles. The van der Waals surface area contributed by atoms with Crippen molar-refractivity contribution in [2.75, 3.05) is 18.0 Å². The van der Waals surface area contributed by atoms with E-state index in [9.17, 15) is 9.59 Å². The highest BCUT2D eigenvalue weighted by molar-refractivity contribution is 7.10. The lowest BCUT2D eigenvalue weighted by atomic mass is 10.0. The molecule has 0 aliphatic carbocycles. The van der Waals surface area contributed by atoms with Crippen LogP contribution < -0.4 is 14.4 Å². The molecule has 6 heteroatoms. The number of hydrogen-bond donors (Lipinski definition) is 0. The first kappa shape index (κ1) is 21.8. The van der Waals surface area contributed by atoms with Crippen molar-refractivity contribution in [2.45, 2.75) is 27.2 Å². The Balaban J connectivity index is 1.51. The van der Waals surface area contributed by atoms with Crippen LogP contribution in [0.4, 0.5) is 5.69 Å². The molecule has 0 bridgehead atoms. The number of aryl methyl sites for hydroxylation is 1. The van der Waals surface area contributed by atoms with Crippen molar-refractivity contribution in [3.63, 3.8) is 0 Å². The molecule has 1 aromatic heterocycles. The van der Waals surface area contributed by atoms with E-state index in [-0.39, 0.29) is 23.9 Å². The maximum atomic E-state index is 12.9. The number of esters is 1. The SMILES string of the molecule is CCN(CC)c1ccc(/C=C2\Oc3cc(OC(=O)Cc4cccs4)cc(C)c3C2=O)cc1. The van der Waals surface area contributed by atoms with Crippen LogP contribution in [0.3, 0.4) is 0 Å². The Morgan fingerprint density at radius 1 is 1.12 bits per heavy atom. The van der Waals surface area contributed by atoms with Gasteiger partial charge in [-0.2, -0.15) is 0 Å². The molecule has 0 amide bonds. The van der Waals surface area contributed by atoms with Gasteiger partial charge in [-0.3, -0.25) is 9.59 Å². The number of rotatable bonds is 7. The molecular formula is C26H25NO4S. The summed E-state index contributed by atoms with van der Waals surface area (Å²) in [5.41, 5.74) is 3.25. The highest BCUT2D eigenvalue weighted by atomic mass is 32.1. The molecule has 0 saturated heterocycles. The highest BCUT2D eigenvalue weighted by Crippen LogP contribution is 2.37. The third-order valence-electron chi connectivity index (χ3n) is 5.39. The predicted molar refractivity (Wildman–Crippen MR) is 128 cm³/mol. The topological polar surface area (TPSA) is 55.8 Å². The molecule has 2 heterocycles. The number of hydrogen-bond acceptors (Lipinski definition) is 6. The van der Waals surface area contributed by atoms with E-state index in [1.165, 1.54) is 11.3 Å². The fraction of sp³-hybridized carbons (Fsp3) is 0.231. The molecule has 0 N–H and O–H groups in total. The summed E-state index contributed by atoms with van der Waals surface area (Å²) in [6, 6.07) is 15.1. The van der Waals surface area contributed by atoms with E-state index in [4.69, 9.17) is 9.47 Å². The van der Waals surface area contributed by atoms with E-state index >= 15 is 0 Å². The molecule has 32 heavy (non-hydrogen) atoms. The van der Waals surface area contributed by atoms with Gasteiger partial charge in [-0.25, -0.2) is 0 Å². The summed E-state index contributed by atoms with van der Waals surface area (Å²) in [5.74, 6) is 0.545. The number of fused-ring (bicyclic) bond motifs is 1. The van der Waals surface area contributed by atoms with E-state index in [0.717, 1.165) is 29.2 Å². The average molecular weight is 448 g/mol. The fourth-order valence-corrected chi connectivity index (χ4v) is 4.47. The van der Waals surface area contributed by atoms with Gasteiger partial charge in [0.2, 0.25) is 5.78 Å². The van der Waals surface area contributed by atoms with Crippen molar-refractivity contribution in [1.29, 1.82) is 0 Å². The van der Waals surface area contributed by atoms with Gasteiger partial charge in [0.15, 0.2) is 5.76 Å². The quantitative estimate of drug-likeness (QED) is 0.265. The van der Waals surface area contributed by atoms with Crippen LogP contribution in [0.5, 0.6) is 11.5 Å². The van der Waals surface area contributed by atoms with Crippen LogP contribution in [0.1, 0.15) is 40.2 Å². The summed E-state index contributed by atoms with van der Waals surface area (Å²) in [7, 11) is 0. The third-order valence-corrected chi connectivity index (χ3v) is 6.27. The van der Waals surface area contributed by atoms with E-state index in [1.54, 1.807) is 18.2 Å². The van der Waals surface area contributed by atoms with E-state index in [0.29, 0.717) is 22.6 Å². The van der Waals surface area contributed by atoms with Crippen molar-refractivity contribution in [3.8, 4) is 11.5 Å². The molecule has 0 saturated carbocycles. The van der Waals surface area contributed by atoms with Crippen LogP contribution in [0, 0.1) is 6.92 Å². The van der Waals surface area contributed by atoms with Crippen molar-refractivity contribution >= 4 is 34.9 Å². The first-order valence-corrected chi connectivity index (χ1v) is 11.5. The molecule has 164 valence electrons. The van der Waals surface area contributed by atoms with Gasteiger partial charge in [-0.15, -0.1) is 11.3 Å². The van der Waals surface area contributed by atoms with E-state index in [2.05, 4.69) is 18.7 Å². The molecule has 1 aliphatic heterocycles. The van der Waals surface area contributed by atoms with Crippen molar-refractivity contribution in [2.24, 2.45) is 0 Å². The van der Waals surface area contributed by atoms with Crippen molar-refractivity contribution in [3.05, 3.63) is 81.2 Å². The van der Waals surface area contributed by atoms with Gasteiger partial charge in [-0.05, 0) is 67.6 Å². The summed E-state index contributed by atoms with van der Waals surface area (Å²) in [5, 5.41) is 1.92. The molecule has 0 spiro atoms. The van der Waals surface area contributed by atoms with Crippen molar-refractivity contribution < 1.29 is 19.1 Å². The smallest absolute Gasteiger partial charge is 0.316 e. The largest absolute Gasteiger partial charge is 0.452 e. The third kappa shape index (κ3) is 4.60. The summed E-state index contributed by atoms with van der Waals surface area (Å²) in [6.07, 6.45) is 1.96. The molecule has 3 aromatic rings. The van der Waals surface area contributed by atoms with Gasteiger partial charge < -0.3 is 14.4 Å². The number of allylic oxidation sites excluding steroid dienone is 1. The molecule has 0 unspecified atom stereocenters. The number of benzene rings is 2. The Kier molecular flexibility index (Phi) is 6.42. The molecular weight excluding hydrogens is 422 g/mol. The lowest BCUT2D eigenvalue weighted by molar-refractivity contribution is -0.133. The predicted octanol–water partition coefficient (Wildman–Crippen LogP) is 5.67. The number of anilines is 1. The average Bonchev–Trinajstić information content (AvgIpc) is 3.38. The molecule has 5 nitrogen and oxygen atoms in total. The van der Waals surface area contributed by atoms with Crippen LogP contribution in [0.25, 0.3) is 6.08 Å².